The summed E-state index contributed by atoms with van der Waals surface area (Å²) >= 11 is 0. The topological polar surface area (TPSA) is 77.0 Å². The molecule has 0 fully saturated rings. The fourth-order valence-electron chi connectivity index (χ4n) is 3.99. The highest BCUT2D eigenvalue weighted by Gasteiger charge is 2.32. The largest absolute Gasteiger partial charge is 0.355 e. The van der Waals surface area contributed by atoms with Crippen LogP contribution < -0.4 is 16.0 Å². The third kappa shape index (κ3) is 8.37. The highest BCUT2D eigenvalue weighted by Crippen LogP contribution is 2.41. The van der Waals surface area contributed by atoms with Crippen molar-refractivity contribution < 1.29 is 9.18 Å². The van der Waals surface area contributed by atoms with Crippen LogP contribution in [0.5, 0.6) is 0 Å². The van der Waals surface area contributed by atoms with Gasteiger partial charge in [0.2, 0.25) is 0 Å². The van der Waals surface area contributed by atoms with Crippen LogP contribution in [0.15, 0.2) is 42.5 Å². The number of amides is 2. The monoisotopic (exact) mass is 482 g/mol. The summed E-state index contributed by atoms with van der Waals surface area (Å²) in [5.74, 6) is 0.364. The Hall–Kier alpha value is -2.89. The van der Waals surface area contributed by atoms with Gasteiger partial charge < -0.3 is 21.4 Å². The van der Waals surface area contributed by atoms with Crippen LogP contribution in [0.2, 0.25) is 0 Å². The maximum absolute atomic E-state index is 13.3. The van der Waals surface area contributed by atoms with Gasteiger partial charge in [-0.2, -0.15) is 0 Å². The molecular formula is C29H43FN4O. The summed E-state index contributed by atoms with van der Waals surface area (Å²) < 4.78 is 13.3. The van der Waals surface area contributed by atoms with Crippen molar-refractivity contribution in [2.24, 2.45) is 16.7 Å². The Labute approximate surface area is 210 Å². The summed E-state index contributed by atoms with van der Waals surface area (Å²) in [6.07, 6.45) is 2.30. The van der Waals surface area contributed by atoms with E-state index in [0.29, 0.717) is 12.5 Å². The third-order valence-corrected chi connectivity index (χ3v) is 6.76. The number of nitrogens with one attached hydrogen (secondary N) is 4. The molecule has 192 valence electrons. The van der Waals surface area contributed by atoms with Crippen LogP contribution in [0.4, 0.5) is 20.6 Å². The molecule has 0 radical (unpaired) electrons. The second-order valence-electron chi connectivity index (χ2n) is 11.7. The predicted octanol–water partition coefficient (Wildman–Crippen LogP) is 7.46. The molecule has 0 saturated carbocycles. The van der Waals surface area contributed by atoms with Gasteiger partial charge in [-0.1, -0.05) is 54.5 Å². The van der Waals surface area contributed by atoms with E-state index in [2.05, 4.69) is 76.5 Å². The Kier molecular flexibility index (Phi) is 9.47. The van der Waals surface area contributed by atoms with Gasteiger partial charge in [0.15, 0.2) is 0 Å². The molecule has 2 unspecified atom stereocenters. The molecule has 2 amide bonds. The van der Waals surface area contributed by atoms with E-state index in [4.69, 9.17) is 5.41 Å². The standard InChI is InChI=1S/C29H43FN4O/c1-19(2)15-25(29(7,8)18-32-27(35)33-20(3)28(4,5)6)21-9-14-26(22(16-21)17-31)34-24-12-10-23(30)11-13-24/h9-14,16-17,19-20,25,31,34H,15,18H2,1-8H3,(H2,32,33,35). The molecule has 5 nitrogen and oxygen atoms in total. The average Bonchev–Trinajstić information content (AvgIpc) is 2.77. The van der Waals surface area contributed by atoms with E-state index in [0.717, 1.165) is 28.9 Å². The molecule has 6 heteroatoms. The first-order valence-electron chi connectivity index (χ1n) is 12.4. The highest BCUT2D eigenvalue weighted by molar-refractivity contribution is 5.87. The minimum Gasteiger partial charge on any atom is -0.355 e. The molecule has 2 rings (SSSR count). The lowest BCUT2D eigenvalue weighted by molar-refractivity contribution is 0.206. The zero-order valence-corrected chi connectivity index (χ0v) is 22.6. The number of hydrogen-bond acceptors (Lipinski definition) is 3. The molecule has 0 saturated heterocycles. The lowest BCUT2D eigenvalue weighted by atomic mass is 9.71. The van der Waals surface area contributed by atoms with Crippen LogP contribution in [0.25, 0.3) is 0 Å². The maximum Gasteiger partial charge on any atom is 0.315 e. The number of hydrogen-bond donors (Lipinski definition) is 4. The minimum atomic E-state index is -0.285. The lowest BCUT2D eigenvalue weighted by Crippen LogP contribution is -2.49. The Morgan fingerprint density at radius 2 is 1.66 bits per heavy atom. The summed E-state index contributed by atoms with van der Waals surface area (Å²) in [7, 11) is 0. The van der Waals surface area contributed by atoms with E-state index < -0.39 is 0 Å². The number of carbonyl (C=O) groups is 1. The number of benzene rings is 2. The Balaban J connectivity index is 2.23. The van der Waals surface area contributed by atoms with Crippen molar-refractivity contribution in [2.45, 2.75) is 73.8 Å². The number of carbonyl (C=O) groups excluding carboxylic acids is 1. The van der Waals surface area contributed by atoms with E-state index >= 15 is 0 Å². The van der Waals surface area contributed by atoms with Gasteiger partial charge in [0.25, 0.3) is 0 Å². The molecule has 2 aromatic rings. The van der Waals surface area contributed by atoms with Crippen LogP contribution >= 0.6 is 0 Å². The van der Waals surface area contributed by atoms with Gasteiger partial charge in [-0.15, -0.1) is 0 Å². The van der Waals surface area contributed by atoms with Crippen LogP contribution in [0, 0.1) is 28.0 Å². The summed E-state index contributed by atoms with van der Waals surface area (Å²) in [5, 5.41) is 17.4. The molecular weight excluding hydrogens is 439 g/mol. The summed E-state index contributed by atoms with van der Waals surface area (Å²) in [6.45, 7) is 17.6. The van der Waals surface area contributed by atoms with Crippen molar-refractivity contribution in [1.82, 2.24) is 10.6 Å². The highest BCUT2D eigenvalue weighted by atomic mass is 19.1. The first kappa shape index (κ1) is 28.3. The van der Waals surface area contributed by atoms with Crippen molar-refractivity contribution >= 4 is 23.6 Å². The second-order valence-corrected chi connectivity index (χ2v) is 11.7. The van der Waals surface area contributed by atoms with Crippen molar-refractivity contribution in [3.63, 3.8) is 0 Å². The molecule has 4 N–H and O–H groups in total. The molecule has 0 aliphatic carbocycles. The zero-order chi connectivity index (χ0) is 26.4. The fourth-order valence-corrected chi connectivity index (χ4v) is 3.99. The first-order chi connectivity index (χ1) is 16.2. The molecule has 0 spiro atoms. The zero-order valence-electron chi connectivity index (χ0n) is 22.6. The van der Waals surface area contributed by atoms with E-state index in [1.165, 1.54) is 18.3 Å². The van der Waals surface area contributed by atoms with Crippen LogP contribution in [0.3, 0.4) is 0 Å². The molecule has 35 heavy (non-hydrogen) atoms. The lowest BCUT2D eigenvalue weighted by Gasteiger charge is -2.37. The first-order valence-corrected chi connectivity index (χ1v) is 12.4. The normalized spacial score (nSPS) is 13.8. The van der Waals surface area contributed by atoms with E-state index in [9.17, 15) is 9.18 Å². The number of rotatable bonds is 10. The summed E-state index contributed by atoms with van der Waals surface area (Å²) in [6, 6.07) is 12.2. The van der Waals surface area contributed by atoms with Gasteiger partial charge in [0.1, 0.15) is 5.82 Å². The average molecular weight is 483 g/mol. The van der Waals surface area contributed by atoms with Gasteiger partial charge in [0, 0.05) is 35.7 Å². The van der Waals surface area contributed by atoms with Gasteiger partial charge in [-0.3, -0.25) is 0 Å². The van der Waals surface area contributed by atoms with Crippen LogP contribution in [-0.4, -0.2) is 24.8 Å². The van der Waals surface area contributed by atoms with Crippen molar-refractivity contribution in [1.29, 1.82) is 5.41 Å². The minimum absolute atomic E-state index is 0.0140. The molecule has 0 bridgehead atoms. The Morgan fingerprint density at radius 1 is 1.03 bits per heavy atom. The fraction of sp³-hybridized carbons (Fsp3) is 0.517. The smallest absolute Gasteiger partial charge is 0.315 e. The summed E-state index contributed by atoms with van der Waals surface area (Å²) in [4.78, 5) is 12.6. The molecule has 0 heterocycles. The van der Waals surface area contributed by atoms with Gasteiger partial charge in [0.05, 0.1) is 0 Å². The third-order valence-electron chi connectivity index (χ3n) is 6.76. The number of halogens is 1. The van der Waals surface area contributed by atoms with Crippen molar-refractivity contribution in [3.05, 3.63) is 59.4 Å². The number of anilines is 2. The molecule has 0 aromatic heterocycles. The van der Waals surface area contributed by atoms with Gasteiger partial charge >= 0.3 is 6.03 Å². The second kappa shape index (κ2) is 11.7. The molecule has 0 aliphatic rings. The van der Waals surface area contributed by atoms with Crippen molar-refractivity contribution in [3.8, 4) is 0 Å². The predicted molar refractivity (Wildman–Crippen MR) is 145 cm³/mol. The van der Waals surface area contributed by atoms with Gasteiger partial charge in [-0.05, 0) is 78.0 Å². The molecule has 2 aromatic carbocycles. The maximum atomic E-state index is 13.3. The molecule has 0 aliphatic heterocycles. The molecule has 2 atom stereocenters. The Bertz CT molecular complexity index is 993. The van der Waals surface area contributed by atoms with E-state index in [-0.39, 0.29) is 34.6 Å². The summed E-state index contributed by atoms with van der Waals surface area (Å²) in [5.41, 5.74) is 3.24. The van der Waals surface area contributed by atoms with Crippen molar-refractivity contribution in [2.75, 3.05) is 11.9 Å². The van der Waals surface area contributed by atoms with E-state index in [1.54, 1.807) is 12.1 Å². The van der Waals surface area contributed by atoms with Crippen LogP contribution in [0.1, 0.15) is 78.9 Å². The van der Waals surface area contributed by atoms with Gasteiger partial charge in [-0.25, -0.2) is 9.18 Å². The quantitative estimate of drug-likeness (QED) is 0.265. The number of urea groups is 1. The van der Waals surface area contributed by atoms with Crippen LogP contribution in [-0.2, 0) is 0 Å². The SMILES string of the molecule is CC(C)CC(c1ccc(Nc2ccc(F)cc2)c(C=N)c1)C(C)(C)CNC(=O)NC(C)C(C)(C)C. The van der Waals surface area contributed by atoms with E-state index in [1.807, 2.05) is 13.0 Å². The Morgan fingerprint density at radius 3 is 2.20 bits per heavy atom.